The molecule has 0 aliphatic carbocycles. The number of carbonyl (C=O) groups excluding carboxylic acids is 2. The summed E-state index contributed by atoms with van der Waals surface area (Å²) in [6, 6.07) is 17.2. The molecule has 1 aliphatic heterocycles. The van der Waals surface area contributed by atoms with Gasteiger partial charge in [-0.05, 0) is 18.6 Å². The number of cyclic esters (lactones) is 1. The van der Waals surface area contributed by atoms with Crippen LogP contribution in [0.1, 0.15) is 47.6 Å². The predicted octanol–water partition coefficient (Wildman–Crippen LogP) is 4.34. The fourth-order valence-corrected chi connectivity index (χ4v) is 3.31. The van der Waals surface area contributed by atoms with Gasteiger partial charge in [-0.3, -0.25) is 4.79 Å². The Morgan fingerprint density at radius 3 is 2.63 bits per heavy atom. The van der Waals surface area contributed by atoms with Crippen LogP contribution in [0.15, 0.2) is 60.3 Å². The quantitative estimate of drug-likeness (QED) is 0.403. The van der Waals surface area contributed by atoms with Crippen LogP contribution in [0.2, 0.25) is 0 Å². The molecule has 1 aliphatic rings. The van der Waals surface area contributed by atoms with Crippen LogP contribution in [0.5, 0.6) is 0 Å². The van der Waals surface area contributed by atoms with E-state index in [1.807, 2.05) is 61.5 Å². The Labute approximate surface area is 157 Å². The summed E-state index contributed by atoms with van der Waals surface area (Å²) in [5.41, 5.74) is 3.34. The third-order valence-corrected chi connectivity index (χ3v) is 4.62. The average molecular weight is 360 g/mol. The number of para-hydroxylation sites is 1. The number of hydrogen-bond donors (Lipinski definition) is 2. The van der Waals surface area contributed by atoms with Crippen molar-refractivity contribution in [3.05, 3.63) is 77.1 Å². The van der Waals surface area contributed by atoms with Gasteiger partial charge in [-0.15, -0.1) is 0 Å². The highest BCUT2D eigenvalue weighted by Gasteiger charge is 2.30. The van der Waals surface area contributed by atoms with Crippen LogP contribution in [0.25, 0.3) is 17.0 Å². The number of rotatable bonds is 5. The number of ketones is 1. The summed E-state index contributed by atoms with van der Waals surface area (Å²) in [7, 11) is 0. The SMILES string of the molecule is CCCC(=O)c1[nH]c2ccccc2c1/C=C1\NC(c2ccccc2)OC1=O. The number of aromatic amines is 1. The minimum absolute atomic E-state index is 0.0338. The summed E-state index contributed by atoms with van der Waals surface area (Å²) in [6.45, 7) is 1.97. The predicted molar refractivity (Wildman–Crippen MR) is 104 cm³/mol. The Hall–Kier alpha value is -3.34. The number of hydrogen-bond acceptors (Lipinski definition) is 4. The van der Waals surface area contributed by atoms with Crippen LogP contribution in [0, 0.1) is 0 Å². The van der Waals surface area contributed by atoms with Gasteiger partial charge in [0.15, 0.2) is 12.0 Å². The van der Waals surface area contributed by atoms with Crippen LogP contribution in [-0.2, 0) is 9.53 Å². The summed E-state index contributed by atoms with van der Waals surface area (Å²) in [5.74, 6) is -0.394. The molecule has 0 bridgehead atoms. The van der Waals surface area contributed by atoms with Crippen molar-refractivity contribution < 1.29 is 14.3 Å². The highest BCUT2D eigenvalue weighted by Crippen LogP contribution is 2.29. The van der Waals surface area contributed by atoms with Crippen LogP contribution < -0.4 is 5.32 Å². The van der Waals surface area contributed by atoms with Gasteiger partial charge in [0.1, 0.15) is 5.70 Å². The first-order chi connectivity index (χ1) is 13.2. The van der Waals surface area contributed by atoms with Crippen molar-refractivity contribution in [1.29, 1.82) is 0 Å². The number of benzene rings is 2. The van der Waals surface area contributed by atoms with Crippen molar-refractivity contribution in [2.24, 2.45) is 0 Å². The monoisotopic (exact) mass is 360 g/mol. The van der Waals surface area contributed by atoms with E-state index in [2.05, 4.69) is 10.3 Å². The number of carbonyl (C=O) groups is 2. The fraction of sp³-hybridized carbons (Fsp3) is 0.182. The maximum atomic E-state index is 12.6. The van der Waals surface area contributed by atoms with Crippen molar-refractivity contribution in [2.75, 3.05) is 0 Å². The largest absolute Gasteiger partial charge is 0.433 e. The van der Waals surface area contributed by atoms with Crippen molar-refractivity contribution in [1.82, 2.24) is 10.3 Å². The number of esters is 1. The Bertz CT molecular complexity index is 1030. The topological polar surface area (TPSA) is 71.2 Å². The number of Topliss-reactive ketones (excluding diaryl/α,β-unsaturated/α-hetero) is 1. The Kier molecular flexibility index (Phi) is 4.50. The Balaban J connectivity index is 1.75. The number of fused-ring (bicyclic) bond motifs is 1. The maximum absolute atomic E-state index is 12.6. The normalized spacial score (nSPS) is 17.9. The minimum Gasteiger partial charge on any atom is -0.433 e. The lowest BCUT2D eigenvalue weighted by atomic mass is 10.0. The Morgan fingerprint density at radius 2 is 1.85 bits per heavy atom. The van der Waals surface area contributed by atoms with Crippen molar-refractivity contribution >= 4 is 28.7 Å². The zero-order valence-corrected chi connectivity index (χ0v) is 15.0. The molecule has 2 aromatic carbocycles. The van der Waals surface area contributed by atoms with Gasteiger partial charge in [0, 0.05) is 28.5 Å². The minimum atomic E-state index is -0.523. The summed E-state index contributed by atoms with van der Waals surface area (Å²) in [5, 5.41) is 4.03. The van der Waals surface area contributed by atoms with Gasteiger partial charge in [0.2, 0.25) is 0 Å². The third-order valence-electron chi connectivity index (χ3n) is 4.62. The molecule has 0 spiro atoms. The highest BCUT2D eigenvalue weighted by atomic mass is 16.6. The van der Waals surface area contributed by atoms with Gasteiger partial charge >= 0.3 is 5.97 Å². The smallest absolute Gasteiger partial charge is 0.356 e. The lowest BCUT2D eigenvalue weighted by Gasteiger charge is -2.08. The van der Waals surface area contributed by atoms with E-state index in [0.717, 1.165) is 28.5 Å². The first-order valence-corrected chi connectivity index (χ1v) is 9.05. The summed E-state index contributed by atoms with van der Waals surface area (Å²) >= 11 is 0. The van der Waals surface area contributed by atoms with Gasteiger partial charge in [-0.1, -0.05) is 55.5 Å². The van der Waals surface area contributed by atoms with Crippen LogP contribution >= 0.6 is 0 Å². The molecule has 0 saturated carbocycles. The van der Waals surface area contributed by atoms with E-state index in [-0.39, 0.29) is 5.78 Å². The second-order valence-corrected chi connectivity index (χ2v) is 6.53. The number of H-pyrrole nitrogens is 1. The van der Waals surface area contributed by atoms with Crippen molar-refractivity contribution in [2.45, 2.75) is 26.0 Å². The molecule has 0 amide bonds. The van der Waals surface area contributed by atoms with Gasteiger partial charge < -0.3 is 15.0 Å². The van der Waals surface area contributed by atoms with Crippen molar-refractivity contribution in [3.8, 4) is 0 Å². The lowest BCUT2D eigenvalue weighted by Crippen LogP contribution is -2.13. The molecule has 1 atom stereocenters. The number of aromatic nitrogens is 1. The van der Waals surface area contributed by atoms with E-state index in [4.69, 9.17) is 4.74 Å². The Morgan fingerprint density at radius 1 is 1.11 bits per heavy atom. The molecule has 1 fully saturated rings. The molecule has 2 heterocycles. The second-order valence-electron chi connectivity index (χ2n) is 6.53. The zero-order chi connectivity index (χ0) is 18.8. The van der Waals surface area contributed by atoms with E-state index in [1.54, 1.807) is 6.08 Å². The van der Waals surface area contributed by atoms with E-state index in [1.165, 1.54) is 0 Å². The second kappa shape index (κ2) is 7.11. The molecule has 1 aromatic heterocycles. The van der Waals surface area contributed by atoms with Crippen LogP contribution in [0.3, 0.4) is 0 Å². The maximum Gasteiger partial charge on any atom is 0.356 e. The molecule has 5 nitrogen and oxygen atoms in total. The lowest BCUT2D eigenvalue weighted by molar-refractivity contribution is -0.139. The molecule has 1 saturated heterocycles. The molecule has 0 radical (unpaired) electrons. The van der Waals surface area contributed by atoms with E-state index >= 15 is 0 Å². The highest BCUT2D eigenvalue weighted by molar-refractivity contribution is 6.08. The van der Waals surface area contributed by atoms with Gasteiger partial charge in [0.05, 0.1) is 5.69 Å². The molecule has 1 unspecified atom stereocenters. The average Bonchev–Trinajstić information content (AvgIpc) is 3.24. The zero-order valence-electron chi connectivity index (χ0n) is 15.0. The molecule has 4 rings (SSSR count). The molecule has 136 valence electrons. The molecule has 27 heavy (non-hydrogen) atoms. The first-order valence-electron chi connectivity index (χ1n) is 9.05. The van der Waals surface area contributed by atoms with Crippen LogP contribution in [0.4, 0.5) is 0 Å². The standard InChI is InChI=1S/C22H20N2O3/c1-2-8-19(25)20-16(15-11-6-7-12-17(15)23-20)13-18-22(26)27-21(24-18)14-9-4-3-5-10-14/h3-7,9-13,21,23-24H,2,8H2,1H3/b18-13-. The third kappa shape index (κ3) is 3.24. The molecule has 2 N–H and O–H groups in total. The summed E-state index contributed by atoms with van der Waals surface area (Å²) in [4.78, 5) is 28.2. The first kappa shape index (κ1) is 17.1. The molecule has 5 heteroatoms. The summed E-state index contributed by atoms with van der Waals surface area (Å²) in [6.07, 6.45) is 2.41. The van der Waals surface area contributed by atoms with E-state index in [9.17, 15) is 9.59 Å². The molecular weight excluding hydrogens is 340 g/mol. The van der Waals surface area contributed by atoms with Crippen LogP contribution in [-0.4, -0.2) is 16.7 Å². The molecular formula is C22H20N2O3. The van der Waals surface area contributed by atoms with Gasteiger partial charge in [0.25, 0.3) is 0 Å². The van der Waals surface area contributed by atoms with Gasteiger partial charge in [-0.25, -0.2) is 4.79 Å². The number of nitrogens with one attached hydrogen (secondary N) is 2. The summed E-state index contributed by atoms with van der Waals surface area (Å²) < 4.78 is 5.46. The van der Waals surface area contributed by atoms with E-state index < -0.39 is 12.2 Å². The molecule has 3 aromatic rings. The fourth-order valence-electron chi connectivity index (χ4n) is 3.31. The van der Waals surface area contributed by atoms with E-state index in [0.29, 0.717) is 17.8 Å². The van der Waals surface area contributed by atoms with Gasteiger partial charge in [-0.2, -0.15) is 0 Å². The van der Waals surface area contributed by atoms with Crippen molar-refractivity contribution in [3.63, 3.8) is 0 Å². The number of ether oxygens (including phenoxy) is 1.